The zero-order chi connectivity index (χ0) is 16.9. The molecule has 0 heterocycles. The van der Waals surface area contributed by atoms with Gasteiger partial charge in [-0.15, -0.1) is 0 Å². The zero-order valence-electron chi connectivity index (χ0n) is 13.6. The number of rotatable bonds is 4. The van der Waals surface area contributed by atoms with Gasteiger partial charge in [-0.3, -0.25) is 10.1 Å². The molecule has 4 heteroatoms. The van der Waals surface area contributed by atoms with E-state index in [1.807, 2.05) is 30.3 Å². The van der Waals surface area contributed by atoms with E-state index in [0.29, 0.717) is 17.7 Å². The highest BCUT2D eigenvalue weighted by Gasteiger charge is 2.16. The summed E-state index contributed by atoms with van der Waals surface area (Å²) in [5.41, 5.74) is 1.49. The topological polar surface area (TPSA) is 55.4 Å². The number of hydrogen-bond donors (Lipinski definition) is 1. The van der Waals surface area contributed by atoms with Crippen LogP contribution in [0, 0.1) is 0 Å². The van der Waals surface area contributed by atoms with E-state index >= 15 is 0 Å². The number of nitrogens with one attached hydrogen (secondary N) is 1. The van der Waals surface area contributed by atoms with Crippen LogP contribution in [0.4, 0.5) is 10.5 Å². The number of ketones is 1. The van der Waals surface area contributed by atoms with E-state index in [2.05, 4.69) is 5.32 Å². The van der Waals surface area contributed by atoms with Gasteiger partial charge in [-0.2, -0.15) is 0 Å². The van der Waals surface area contributed by atoms with E-state index in [4.69, 9.17) is 4.74 Å². The van der Waals surface area contributed by atoms with Crippen LogP contribution in [0.15, 0.2) is 54.6 Å². The monoisotopic (exact) mass is 311 g/mol. The third-order valence-electron chi connectivity index (χ3n) is 3.04. The molecule has 0 aliphatic carbocycles. The Morgan fingerprint density at radius 1 is 1.00 bits per heavy atom. The normalized spacial score (nSPS) is 10.9. The Labute approximate surface area is 136 Å². The Hall–Kier alpha value is -2.62. The van der Waals surface area contributed by atoms with Crippen LogP contribution in [0.3, 0.4) is 0 Å². The molecule has 1 N–H and O–H groups in total. The van der Waals surface area contributed by atoms with E-state index in [9.17, 15) is 9.59 Å². The highest BCUT2D eigenvalue weighted by Crippen LogP contribution is 2.15. The molecule has 4 nitrogen and oxygen atoms in total. The van der Waals surface area contributed by atoms with Gasteiger partial charge in [0.05, 0.1) is 0 Å². The molecule has 0 aromatic heterocycles. The van der Waals surface area contributed by atoms with Crippen LogP contribution in [-0.4, -0.2) is 17.5 Å². The minimum Gasteiger partial charge on any atom is -0.444 e. The average Bonchev–Trinajstić information content (AvgIpc) is 2.46. The summed E-state index contributed by atoms with van der Waals surface area (Å²) in [7, 11) is 0. The quantitative estimate of drug-likeness (QED) is 0.848. The Kier molecular flexibility index (Phi) is 5.16. The van der Waals surface area contributed by atoms with Gasteiger partial charge in [0.15, 0.2) is 5.78 Å². The predicted molar refractivity (Wildman–Crippen MR) is 90.8 cm³/mol. The van der Waals surface area contributed by atoms with Crippen molar-refractivity contribution in [2.75, 3.05) is 5.32 Å². The van der Waals surface area contributed by atoms with Gasteiger partial charge in [0.25, 0.3) is 0 Å². The predicted octanol–water partition coefficient (Wildman–Crippen LogP) is 4.46. The van der Waals surface area contributed by atoms with Gasteiger partial charge in [0.2, 0.25) is 0 Å². The van der Waals surface area contributed by atoms with Crippen LogP contribution in [0.1, 0.15) is 36.7 Å². The fourth-order valence-electron chi connectivity index (χ4n) is 2.08. The molecule has 1 amide bonds. The number of anilines is 1. The molecule has 0 aliphatic rings. The summed E-state index contributed by atoms with van der Waals surface area (Å²) < 4.78 is 5.20. The van der Waals surface area contributed by atoms with Crippen molar-refractivity contribution in [1.29, 1.82) is 0 Å². The third kappa shape index (κ3) is 5.58. The van der Waals surface area contributed by atoms with Crippen molar-refractivity contribution >= 4 is 17.6 Å². The van der Waals surface area contributed by atoms with Gasteiger partial charge in [0.1, 0.15) is 5.60 Å². The second kappa shape index (κ2) is 7.09. The molecule has 2 rings (SSSR count). The molecular formula is C19H21NO3. The van der Waals surface area contributed by atoms with Crippen molar-refractivity contribution in [1.82, 2.24) is 0 Å². The Morgan fingerprint density at radius 3 is 2.35 bits per heavy atom. The zero-order valence-corrected chi connectivity index (χ0v) is 13.6. The summed E-state index contributed by atoms with van der Waals surface area (Å²) in [5, 5.41) is 2.64. The first kappa shape index (κ1) is 16.7. The summed E-state index contributed by atoms with van der Waals surface area (Å²) in [6.45, 7) is 5.39. The van der Waals surface area contributed by atoms with Gasteiger partial charge in [-0.05, 0) is 38.5 Å². The lowest BCUT2D eigenvalue weighted by molar-refractivity contribution is 0.0635. The van der Waals surface area contributed by atoms with Crippen molar-refractivity contribution in [3.63, 3.8) is 0 Å². The van der Waals surface area contributed by atoms with Crippen molar-refractivity contribution < 1.29 is 14.3 Å². The summed E-state index contributed by atoms with van der Waals surface area (Å²) in [6, 6.07) is 16.4. The molecule has 2 aromatic rings. The second-order valence-electron chi connectivity index (χ2n) is 6.29. The molecule has 2 aromatic carbocycles. The number of carbonyl (C=O) groups excluding carboxylic acids is 2. The fraction of sp³-hybridized carbons (Fsp3) is 0.263. The molecule has 0 atom stereocenters. The van der Waals surface area contributed by atoms with Gasteiger partial charge in [0, 0.05) is 17.7 Å². The first-order valence-electron chi connectivity index (χ1n) is 7.51. The summed E-state index contributed by atoms with van der Waals surface area (Å²) in [5.74, 6) is 0.00374. The maximum atomic E-state index is 12.3. The molecule has 0 fully saturated rings. The number of Topliss-reactive ketones (excluding diaryl/α,β-unsaturated/α-hetero) is 1. The standard InChI is InChI=1S/C19H21NO3/c1-19(2,3)23-18(22)20-16-11-7-10-15(13-16)17(21)12-14-8-5-4-6-9-14/h4-11,13H,12H2,1-3H3,(H,20,22). The Balaban J connectivity index is 2.04. The minimum absolute atomic E-state index is 0.00374. The van der Waals surface area contributed by atoms with Crippen LogP contribution in [0.25, 0.3) is 0 Å². The number of ether oxygens (including phenoxy) is 1. The highest BCUT2D eigenvalue weighted by molar-refractivity contribution is 5.99. The molecule has 0 bridgehead atoms. The van der Waals surface area contributed by atoms with Crippen molar-refractivity contribution in [3.8, 4) is 0 Å². The van der Waals surface area contributed by atoms with Gasteiger partial charge < -0.3 is 4.74 Å². The molecule has 0 radical (unpaired) electrons. The van der Waals surface area contributed by atoms with E-state index < -0.39 is 11.7 Å². The van der Waals surface area contributed by atoms with Crippen LogP contribution in [0.5, 0.6) is 0 Å². The molecule has 120 valence electrons. The van der Waals surface area contributed by atoms with Crippen molar-refractivity contribution in [2.24, 2.45) is 0 Å². The second-order valence-corrected chi connectivity index (χ2v) is 6.29. The van der Waals surface area contributed by atoms with Crippen LogP contribution >= 0.6 is 0 Å². The SMILES string of the molecule is CC(C)(C)OC(=O)Nc1cccc(C(=O)Cc2ccccc2)c1. The van der Waals surface area contributed by atoms with Crippen molar-refractivity contribution in [3.05, 3.63) is 65.7 Å². The van der Waals surface area contributed by atoms with Crippen LogP contribution in [-0.2, 0) is 11.2 Å². The number of carbonyl (C=O) groups is 2. The summed E-state index contributed by atoms with van der Waals surface area (Å²) in [6.07, 6.45) is -0.207. The first-order valence-corrected chi connectivity index (χ1v) is 7.51. The average molecular weight is 311 g/mol. The third-order valence-corrected chi connectivity index (χ3v) is 3.04. The highest BCUT2D eigenvalue weighted by atomic mass is 16.6. The molecule has 0 saturated heterocycles. The Morgan fingerprint density at radius 2 is 1.70 bits per heavy atom. The lowest BCUT2D eigenvalue weighted by Crippen LogP contribution is -2.27. The van der Waals surface area contributed by atoms with Gasteiger partial charge in [-0.25, -0.2) is 4.79 Å². The van der Waals surface area contributed by atoms with Crippen LogP contribution < -0.4 is 5.32 Å². The van der Waals surface area contributed by atoms with Crippen molar-refractivity contribution in [2.45, 2.75) is 32.8 Å². The molecule has 0 unspecified atom stereocenters. The van der Waals surface area contributed by atoms with Gasteiger partial charge in [-0.1, -0.05) is 42.5 Å². The summed E-state index contributed by atoms with van der Waals surface area (Å²) >= 11 is 0. The van der Waals surface area contributed by atoms with Crippen LogP contribution in [0.2, 0.25) is 0 Å². The molecule has 0 saturated carbocycles. The maximum absolute atomic E-state index is 12.3. The molecule has 0 aliphatic heterocycles. The molecule has 23 heavy (non-hydrogen) atoms. The van der Waals surface area contributed by atoms with E-state index in [1.54, 1.807) is 45.0 Å². The van der Waals surface area contributed by atoms with E-state index in [-0.39, 0.29) is 5.78 Å². The number of amides is 1. The number of benzene rings is 2. The largest absolute Gasteiger partial charge is 0.444 e. The molecule has 0 spiro atoms. The van der Waals surface area contributed by atoms with E-state index in [1.165, 1.54) is 0 Å². The smallest absolute Gasteiger partial charge is 0.412 e. The Bertz CT molecular complexity index is 687. The minimum atomic E-state index is -0.565. The van der Waals surface area contributed by atoms with Gasteiger partial charge >= 0.3 is 6.09 Å². The first-order chi connectivity index (χ1) is 10.8. The lowest BCUT2D eigenvalue weighted by atomic mass is 10.0. The lowest BCUT2D eigenvalue weighted by Gasteiger charge is -2.19. The maximum Gasteiger partial charge on any atom is 0.412 e. The molecular weight excluding hydrogens is 290 g/mol. The summed E-state index contributed by atoms with van der Waals surface area (Å²) in [4.78, 5) is 24.1. The fourth-order valence-corrected chi connectivity index (χ4v) is 2.08. The number of hydrogen-bond acceptors (Lipinski definition) is 3. The van der Waals surface area contributed by atoms with E-state index in [0.717, 1.165) is 5.56 Å².